The average molecular weight is 394 g/mol. The lowest BCUT2D eigenvalue weighted by atomic mass is 10.1. The first kappa shape index (κ1) is 18.2. The number of aromatic nitrogens is 5. The van der Waals surface area contributed by atoms with E-state index < -0.39 is 5.82 Å². The molecule has 0 radical (unpaired) electrons. The largest absolute Gasteiger partial charge is 0.396 e. The Bertz CT molecular complexity index is 1180. The summed E-state index contributed by atoms with van der Waals surface area (Å²) in [5, 5.41) is 27.2. The number of hydrogen-bond donors (Lipinski definition) is 1. The molecule has 9 heteroatoms. The number of nitrogens with zero attached hydrogens (tertiary/aromatic N) is 6. The van der Waals surface area contributed by atoms with Crippen LogP contribution in [0.2, 0.25) is 0 Å². The number of hydrogen-bond acceptors (Lipinski definition) is 6. The summed E-state index contributed by atoms with van der Waals surface area (Å²) in [5.74, 6) is -0.425. The van der Waals surface area contributed by atoms with E-state index in [1.807, 2.05) is 18.5 Å². The number of halogens is 1. The molecule has 0 spiro atoms. The number of aryl methyl sites for hydroxylation is 1. The van der Waals surface area contributed by atoms with Crippen molar-refractivity contribution >= 4 is 17.3 Å². The van der Waals surface area contributed by atoms with Crippen molar-refractivity contribution in [2.24, 2.45) is 0 Å². The highest BCUT2D eigenvalue weighted by Crippen LogP contribution is 2.35. The van der Waals surface area contributed by atoms with Gasteiger partial charge in [-0.1, -0.05) is 11.8 Å². The zero-order chi connectivity index (χ0) is 19.5. The van der Waals surface area contributed by atoms with Gasteiger partial charge in [-0.05, 0) is 24.6 Å². The van der Waals surface area contributed by atoms with Gasteiger partial charge in [0.15, 0.2) is 5.82 Å². The Hall–Kier alpha value is -3.22. The Morgan fingerprint density at radius 1 is 1.21 bits per heavy atom. The van der Waals surface area contributed by atoms with E-state index in [9.17, 15) is 9.65 Å². The number of fused-ring (bicyclic) bond motifs is 1. The highest BCUT2D eigenvalue weighted by atomic mass is 32.2. The van der Waals surface area contributed by atoms with E-state index in [1.54, 1.807) is 15.4 Å². The zero-order valence-electron chi connectivity index (χ0n) is 14.7. The third-order valence-electron chi connectivity index (χ3n) is 4.14. The Kier molecular flexibility index (Phi) is 5.06. The minimum Gasteiger partial charge on any atom is -0.396 e. The minimum atomic E-state index is -0.425. The van der Waals surface area contributed by atoms with Gasteiger partial charge in [0.1, 0.15) is 11.1 Å². The van der Waals surface area contributed by atoms with Gasteiger partial charge in [0.25, 0.3) is 0 Å². The first-order valence-electron chi connectivity index (χ1n) is 8.53. The van der Waals surface area contributed by atoms with Gasteiger partial charge >= 0.3 is 0 Å². The fourth-order valence-electron chi connectivity index (χ4n) is 2.82. The Morgan fingerprint density at radius 3 is 2.89 bits per heavy atom. The van der Waals surface area contributed by atoms with Crippen molar-refractivity contribution in [3.05, 3.63) is 60.6 Å². The molecule has 0 aliphatic carbocycles. The van der Waals surface area contributed by atoms with Crippen LogP contribution in [-0.2, 0) is 6.54 Å². The van der Waals surface area contributed by atoms with E-state index in [0.717, 1.165) is 22.9 Å². The molecule has 140 valence electrons. The molecule has 1 N–H and O–H groups in total. The second kappa shape index (κ2) is 7.80. The molecule has 4 heterocycles. The van der Waals surface area contributed by atoms with Crippen molar-refractivity contribution < 1.29 is 9.50 Å². The lowest BCUT2D eigenvalue weighted by Gasteiger charge is -2.08. The summed E-state index contributed by atoms with van der Waals surface area (Å²) in [4.78, 5) is 4.77. The number of nitriles is 1. The van der Waals surface area contributed by atoms with E-state index in [2.05, 4.69) is 21.3 Å². The number of pyridine rings is 2. The van der Waals surface area contributed by atoms with E-state index in [0.29, 0.717) is 28.9 Å². The van der Waals surface area contributed by atoms with Crippen molar-refractivity contribution in [2.45, 2.75) is 22.9 Å². The van der Waals surface area contributed by atoms with Crippen molar-refractivity contribution in [1.29, 1.82) is 5.26 Å². The van der Waals surface area contributed by atoms with Gasteiger partial charge in [0.05, 0.1) is 23.5 Å². The van der Waals surface area contributed by atoms with Crippen LogP contribution >= 0.6 is 11.8 Å². The highest BCUT2D eigenvalue weighted by molar-refractivity contribution is 7.99. The molecule has 4 aromatic heterocycles. The Balaban J connectivity index is 1.80. The summed E-state index contributed by atoms with van der Waals surface area (Å²) in [6.45, 7) is 0.710. The summed E-state index contributed by atoms with van der Waals surface area (Å²) in [7, 11) is 0. The molecule has 0 aromatic carbocycles. The standard InChI is InChI=1S/C19H15FN6OS/c20-16-3-1-4-22-19(16)28-17-7-13(12-26-18(17)14(8-21)9-24-26)15-10-23-25(11-15)5-2-6-27/h1,3-4,7,9-12,27H,2,5-6H2. The number of rotatable bonds is 6. The van der Waals surface area contributed by atoms with Crippen LogP contribution in [0.5, 0.6) is 0 Å². The van der Waals surface area contributed by atoms with Gasteiger partial charge in [-0.15, -0.1) is 0 Å². The summed E-state index contributed by atoms with van der Waals surface area (Å²) in [6.07, 6.45) is 9.04. The molecule has 0 saturated carbocycles. The molecule has 0 atom stereocenters. The van der Waals surface area contributed by atoms with Crippen LogP contribution in [0.25, 0.3) is 16.6 Å². The second-order valence-corrected chi connectivity index (χ2v) is 7.05. The molecule has 0 unspecified atom stereocenters. The summed E-state index contributed by atoms with van der Waals surface area (Å²) >= 11 is 1.15. The van der Waals surface area contributed by atoms with Crippen LogP contribution in [0, 0.1) is 17.1 Å². The van der Waals surface area contributed by atoms with Crippen molar-refractivity contribution in [3.8, 4) is 17.2 Å². The van der Waals surface area contributed by atoms with Gasteiger partial charge in [0, 0.05) is 47.8 Å². The van der Waals surface area contributed by atoms with Crippen molar-refractivity contribution in [2.75, 3.05) is 6.61 Å². The second-order valence-electron chi connectivity index (χ2n) is 6.02. The molecule has 7 nitrogen and oxygen atoms in total. The topological polar surface area (TPSA) is 92.0 Å². The molecule has 0 fully saturated rings. The maximum atomic E-state index is 14.1. The number of aliphatic hydroxyl groups excluding tert-OH is 1. The van der Waals surface area contributed by atoms with Crippen LogP contribution in [-0.4, -0.2) is 36.1 Å². The smallest absolute Gasteiger partial charge is 0.155 e. The minimum absolute atomic E-state index is 0.0990. The molecule has 4 rings (SSSR count). The van der Waals surface area contributed by atoms with E-state index >= 15 is 0 Å². The third-order valence-corrected chi connectivity index (χ3v) is 5.17. The van der Waals surface area contributed by atoms with Gasteiger partial charge in [-0.2, -0.15) is 15.5 Å². The third kappa shape index (κ3) is 3.47. The monoisotopic (exact) mass is 394 g/mol. The van der Waals surface area contributed by atoms with Crippen LogP contribution < -0.4 is 0 Å². The normalized spacial score (nSPS) is 11.0. The average Bonchev–Trinajstić information content (AvgIpc) is 3.35. The molecule has 0 saturated heterocycles. The molecule has 0 amide bonds. The maximum absolute atomic E-state index is 14.1. The summed E-state index contributed by atoms with van der Waals surface area (Å²) in [5.41, 5.74) is 2.70. The fourth-order valence-corrected chi connectivity index (χ4v) is 3.79. The molecular weight excluding hydrogens is 379 g/mol. The van der Waals surface area contributed by atoms with Crippen molar-refractivity contribution in [3.63, 3.8) is 0 Å². The predicted molar refractivity (Wildman–Crippen MR) is 101 cm³/mol. The molecular formula is C19H15FN6OS. The lowest BCUT2D eigenvalue weighted by Crippen LogP contribution is -1.99. The summed E-state index contributed by atoms with van der Waals surface area (Å²) in [6, 6.07) is 6.89. The number of aliphatic hydroxyl groups is 1. The predicted octanol–water partition coefficient (Wildman–Crippen LogP) is 3.14. The Morgan fingerprint density at radius 2 is 2.11 bits per heavy atom. The van der Waals surface area contributed by atoms with Gasteiger partial charge < -0.3 is 5.11 Å². The Labute approximate surface area is 164 Å². The fraction of sp³-hybridized carbons (Fsp3) is 0.158. The first-order valence-corrected chi connectivity index (χ1v) is 9.35. The van der Waals surface area contributed by atoms with Crippen LogP contribution in [0.3, 0.4) is 0 Å². The molecule has 0 aliphatic heterocycles. The summed E-state index contributed by atoms with van der Waals surface area (Å²) < 4.78 is 17.5. The molecule has 28 heavy (non-hydrogen) atoms. The van der Waals surface area contributed by atoms with Gasteiger partial charge in [0.2, 0.25) is 0 Å². The van der Waals surface area contributed by atoms with E-state index in [4.69, 9.17) is 5.11 Å². The molecule has 0 aliphatic rings. The molecule has 4 aromatic rings. The van der Waals surface area contributed by atoms with Crippen LogP contribution in [0.15, 0.2) is 59.1 Å². The van der Waals surface area contributed by atoms with Gasteiger partial charge in [-0.3, -0.25) is 4.68 Å². The van der Waals surface area contributed by atoms with Gasteiger partial charge in [-0.25, -0.2) is 13.9 Å². The molecule has 0 bridgehead atoms. The zero-order valence-corrected chi connectivity index (χ0v) is 15.5. The van der Waals surface area contributed by atoms with Crippen LogP contribution in [0.4, 0.5) is 4.39 Å². The van der Waals surface area contributed by atoms with Crippen molar-refractivity contribution in [1.82, 2.24) is 24.4 Å². The van der Waals surface area contributed by atoms with E-state index in [1.165, 1.54) is 24.5 Å². The maximum Gasteiger partial charge on any atom is 0.155 e. The SMILES string of the molecule is N#Cc1cnn2cc(-c3cnn(CCCO)c3)cc(Sc3ncccc3F)c12. The van der Waals surface area contributed by atoms with Crippen LogP contribution in [0.1, 0.15) is 12.0 Å². The van der Waals surface area contributed by atoms with E-state index in [-0.39, 0.29) is 11.6 Å². The highest BCUT2D eigenvalue weighted by Gasteiger charge is 2.16. The first-order chi connectivity index (χ1) is 13.7. The quantitative estimate of drug-likeness (QED) is 0.540. The lowest BCUT2D eigenvalue weighted by molar-refractivity contribution is 0.277.